The smallest absolute Gasteiger partial charge is 0.253 e. The molecule has 4 heteroatoms. The molecule has 1 aromatic rings. The zero-order chi connectivity index (χ0) is 14.3. The van der Waals surface area contributed by atoms with Crippen molar-refractivity contribution in [2.75, 3.05) is 30.9 Å². The van der Waals surface area contributed by atoms with Crippen LogP contribution < -0.4 is 5.32 Å². The maximum atomic E-state index is 12.4. The van der Waals surface area contributed by atoms with Crippen LogP contribution in [-0.2, 0) is 0 Å². The van der Waals surface area contributed by atoms with Crippen LogP contribution in [0.2, 0.25) is 0 Å². The molecule has 0 aliphatic rings. The van der Waals surface area contributed by atoms with Gasteiger partial charge in [-0.2, -0.15) is 11.8 Å². The zero-order valence-corrected chi connectivity index (χ0v) is 13.1. The molecule has 0 aliphatic heterocycles. The van der Waals surface area contributed by atoms with Crippen LogP contribution in [0.1, 0.15) is 30.6 Å². The average Bonchev–Trinajstić information content (AvgIpc) is 2.44. The van der Waals surface area contributed by atoms with Crippen LogP contribution in [0.25, 0.3) is 0 Å². The van der Waals surface area contributed by atoms with Crippen LogP contribution in [0, 0.1) is 0 Å². The monoisotopic (exact) mass is 280 g/mol. The standard InChI is InChI=1S/C15H24N2OS/c1-5-14(11-19-4)17(3)15(18)12-7-9-13(10-8-12)16-6-2/h7-10,14,16H,5-6,11H2,1-4H3. The van der Waals surface area contributed by atoms with Crippen molar-refractivity contribution in [3.63, 3.8) is 0 Å². The fourth-order valence-electron chi connectivity index (χ4n) is 2.00. The fraction of sp³-hybridized carbons (Fsp3) is 0.533. The van der Waals surface area contributed by atoms with Gasteiger partial charge >= 0.3 is 0 Å². The first kappa shape index (κ1) is 15.9. The number of nitrogens with zero attached hydrogens (tertiary/aromatic N) is 1. The van der Waals surface area contributed by atoms with Gasteiger partial charge in [-0.3, -0.25) is 4.79 Å². The van der Waals surface area contributed by atoms with E-state index in [9.17, 15) is 4.79 Å². The first-order valence-electron chi connectivity index (χ1n) is 6.74. The number of thioether (sulfide) groups is 1. The molecule has 0 bridgehead atoms. The minimum absolute atomic E-state index is 0.101. The van der Waals surface area contributed by atoms with Gasteiger partial charge in [0.25, 0.3) is 5.91 Å². The lowest BCUT2D eigenvalue weighted by Gasteiger charge is -2.27. The highest BCUT2D eigenvalue weighted by atomic mass is 32.2. The third-order valence-corrected chi connectivity index (χ3v) is 3.93. The quantitative estimate of drug-likeness (QED) is 0.831. The largest absolute Gasteiger partial charge is 0.385 e. The summed E-state index contributed by atoms with van der Waals surface area (Å²) < 4.78 is 0. The lowest BCUT2D eigenvalue weighted by Crippen LogP contribution is -2.38. The van der Waals surface area contributed by atoms with Crippen molar-refractivity contribution in [2.45, 2.75) is 26.3 Å². The SMILES string of the molecule is CCNc1ccc(C(=O)N(C)C(CC)CSC)cc1. The summed E-state index contributed by atoms with van der Waals surface area (Å²) in [4.78, 5) is 14.2. The molecular formula is C15H24N2OS. The Morgan fingerprint density at radius 2 is 1.95 bits per heavy atom. The lowest BCUT2D eigenvalue weighted by atomic mass is 10.1. The molecule has 1 unspecified atom stereocenters. The van der Waals surface area contributed by atoms with Crippen LogP contribution in [0.5, 0.6) is 0 Å². The molecule has 1 aromatic carbocycles. The second-order valence-corrected chi connectivity index (χ2v) is 5.45. The zero-order valence-electron chi connectivity index (χ0n) is 12.3. The number of amides is 1. The molecule has 0 aliphatic carbocycles. The van der Waals surface area contributed by atoms with E-state index < -0.39 is 0 Å². The van der Waals surface area contributed by atoms with Gasteiger partial charge in [0.1, 0.15) is 0 Å². The molecule has 0 saturated heterocycles. The third kappa shape index (κ3) is 4.46. The molecule has 0 spiro atoms. The number of benzene rings is 1. The van der Waals surface area contributed by atoms with E-state index in [0.29, 0.717) is 6.04 Å². The van der Waals surface area contributed by atoms with Gasteiger partial charge in [-0.15, -0.1) is 0 Å². The minimum Gasteiger partial charge on any atom is -0.385 e. The van der Waals surface area contributed by atoms with Crippen molar-refractivity contribution >= 4 is 23.4 Å². The van der Waals surface area contributed by atoms with Gasteiger partial charge in [0, 0.05) is 36.6 Å². The molecular weight excluding hydrogens is 256 g/mol. The van der Waals surface area contributed by atoms with E-state index in [1.54, 1.807) is 11.8 Å². The first-order chi connectivity index (χ1) is 9.13. The van der Waals surface area contributed by atoms with E-state index in [1.165, 1.54) is 0 Å². The number of carbonyl (C=O) groups is 1. The van der Waals surface area contributed by atoms with Crippen LogP contribution in [-0.4, -0.2) is 42.4 Å². The van der Waals surface area contributed by atoms with E-state index in [2.05, 4.69) is 25.4 Å². The number of hydrogen-bond acceptors (Lipinski definition) is 3. The Kier molecular flexibility index (Phi) is 6.78. The third-order valence-electron chi connectivity index (χ3n) is 3.21. The van der Waals surface area contributed by atoms with E-state index in [4.69, 9.17) is 0 Å². The molecule has 0 aromatic heterocycles. The highest BCUT2D eigenvalue weighted by Gasteiger charge is 2.19. The van der Waals surface area contributed by atoms with Gasteiger partial charge < -0.3 is 10.2 Å². The molecule has 0 radical (unpaired) electrons. The van der Waals surface area contributed by atoms with Gasteiger partial charge in [-0.1, -0.05) is 6.92 Å². The van der Waals surface area contributed by atoms with E-state index >= 15 is 0 Å². The highest BCUT2D eigenvalue weighted by molar-refractivity contribution is 7.98. The van der Waals surface area contributed by atoms with Crippen LogP contribution >= 0.6 is 11.8 Å². The molecule has 0 saturated carbocycles. The Morgan fingerprint density at radius 1 is 1.32 bits per heavy atom. The Hall–Kier alpha value is -1.16. The van der Waals surface area contributed by atoms with E-state index in [1.807, 2.05) is 36.2 Å². The summed E-state index contributed by atoms with van der Waals surface area (Å²) in [5.41, 5.74) is 1.81. The Balaban J connectivity index is 2.75. The van der Waals surface area contributed by atoms with Crippen molar-refractivity contribution in [3.05, 3.63) is 29.8 Å². The van der Waals surface area contributed by atoms with Crippen molar-refractivity contribution < 1.29 is 4.79 Å². The molecule has 1 amide bonds. The summed E-state index contributed by atoms with van der Waals surface area (Å²) in [6, 6.07) is 8.00. The maximum absolute atomic E-state index is 12.4. The lowest BCUT2D eigenvalue weighted by molar-refractivity contribution is 0.0743. The molecule has 0 fully saturated rings. The summed E-state index contributed by atoms with van der Waals surface area (Å²) >= 11 is 1.78. The van der Waals surface area contributed by atoms with Gasteiger partial charge in [0.2, 0.25) is 0 Å². The summed E-state index contributed by atoms with van der Waals surface area (Å²) in [6.07, 6.45) is 3.06. The predicted octanol–water partition coefficient (Wildman–Crippen LogP) is 3.33. The average molecular weight is 280 g/mol. The second-order valence-electron chi connectivity index (χ2n) is 4.54. The summed E-state index contributed by atoms with van der Waals surface area (Å²) in [7, 11) is 1.89. The molecule has 19 heavy (non-hydrogen) atoms. The molecule has 3 nitrogen and oxygen atoms in total. The normalized spacial score (nSPS) is 12.0. The van der Waals surface area contributed by atoms with Gasteiger partial charge in [-0.05, 0) is 43.9 Å². The number of anilines is 1. The predicted molar refractivity (Wildman–Crippen MR) is 85.2 cm³/mol. The molecule has 106 valence electrons. The Labute approximate surface area is 120 Å². The number of hydrogen-bond donors (Lipinski definition) is 1. The number of nitrogens with one attached hydrogen (secondary N) is 1. The van der Waals surface area contributed by atoms with Crippen molar-refractivity contribution in [1.82, 2.24) is 4.90 Å². The van der Waals surface area contributed by atoms with Gasteiger partial charge in [-0.25, -0.2) is 0 Å². The summed E-state index contributed by atoms with van der Waals surface area (Å²) in [5, 5.41) is 3.23. The fourth-order valence-corrected chi connectivity index (χ4v) is 2.84. The van der Waals surface area contributed by atoms with Crippen molar-refractivity contribution in [1.29, 1.82) is 0 Å². The van der Waals surface area contributed by atoms with Crippen LogP contribution in [0.15, 0.2) is 24.3 Å². The Morgan fingerprint density at radius 3 is 2.42 bits per heavy atom. The summed E-state index contributed by atoms with van der Waals surface area (Å²) in [5.74, 6) is 1.08. The molecule has 1 N–H and O–H groups in total. The molecule has 1 rings (SSSR count). The molecule has 0 heterocycles. The van der Waals surface area contributed by atoms with Gasteiger partial charge in [0.15, 0.2) is 0 Å². The first-order valence-corrected chi connectivity index (χ1v) is 8.13. The highest BCUT2D eigenvalue weighted by Crippen LogP contribution is 2.15. The van der Waals surface area contributed by atoms with Crippen LogP contribution in [0.3, 0.4) is 0 Å². The topological polar surface area (TPSA) is 32.3 Å². The Bertz CT molecular complexity index is 392. The maximum Gasteiger partial charge on any atom is 0.253 e. The van der Waals surface area contributed by atoms with Crippen molar-refractivity contribution in [2.24, 2.45) is 0 Å². The minimum atomic E-state index is 0.101. The van der Waals surface area contributed by atoms with E-state index in [0.717, 1.165) is 30.0 Å². The van der Waals surface area contributed by atoms with Crippen molar-refractivity contribution in [3.8, 4) is 0 Å². The summed E-state index contributed by atoms with van der Waals surface area (Å²) in [6.45, 7) is 5.07. The number of rotatable bonds is 7. The van der Waals surface area contributed by atoms with Gasteiger partial charge in [0.05, 0.1) is 0 Å². The second kappa shape index (κ2) is 8.10. The van der Waals surface area contributed by atoms with E-state index in [-0.39, 0.29) is 5.91 Å². The molecule has 1 atom stereocenters. The number of carbonyl (C=O) groups excluding carboxylic acids is 1. The van der Waals surface area contributed by atoms with Crippen LogP contribution in [0.4, 0.5) is 5.69 Å².